The summed E-state index contributed by atoms with van der Waals surface area (Å²) in [5.74, 6) is -0.0939. The fourth-order valence-electron chi connectivity index (χ4n) is 1.88. The highest BCUT2D eigenvalue weighted by Crippen LogP contribution is 2.17. The van der Waals surface area contributed by atoms with Gasteiger partial charge in [-0.25, -0.2) is 10.1 Å². The lowest BCUT2D eigenvalue weighted by Gasteiger charge is -2.24. The predicted octanol–water partition coefficient (Wildman–Crippen LogP) is 1.40. The Morgan fingerprint density at radius 3 is 2.57 bits per heavy atom. The van der Waals surface area contributed by atoms with Gasteiger partial charge in [-0.3, -0.25) is 4.79 Å². The molecule has 1 atom stereocenters. The molecule has 0 aromatic carbocycles. The van der Waals surface area contributed by atoms with E-state index in [1.54, 1.807) is 0 Å². The zero-order chi connectivity index (χ0) is 10.6. The average Bonchev–Trinajstić information content (AvgIpc) is 2.01. The molecule has 1 rings (SSSR count). The molecule has 14 heavy (non-hydrogen) atoms. The molecule has 0 radical (unpaired) electrons. The standard InChI is InChI=1S/C9H16N2O3/c1-8(12)9-6-4-2-3-5-7-10(9)11(13)14/h9H,2-7H2,1H3. The van der Waals surface area contributed by atoms with Crippen molar-refractivity contribution in [2.45, 2.75) is 45.1 Å². The van der Waals surface area contributed by atoms with Crippen LogP contribution in [-0.2, 0) is 4.79 Å². The molecule has 0 saturated carbocycles. The van der Waals surface area contributed by atoms with E-state index in [1.165, 1.54) is 6.92 Å². The number of nitrogens with zero attached hydrogens (tertiary/aromatic N) is 2. The van der Waals surface area contributed by atoms with E-state index in [2.05, 4.69) is 0 Å². The summed E-state index contributed by atoms with van der Waals surface area (Å²) in [6.07, 6.45) is 4.44. The maximum atomic E-state index is 11.2. The van der Waals surface area contributed by atoms with Crippen LogP contribution in [0.5, 0.6) is 0 Å². The maximum absolute atomic E-state index is 11.2. The molecule has 0 N–H and O–H groups in total. The number of hydrogen-bond donors (Lipinski definition) is 0. The number of carbonyl (C=O) groups excluding carboxylic acids is 1. The highest BCUT2D eigenvalue weighted by atomic mass is 16.7. The van der Waals surface area contributed by atoms with Crippen LogP contribution in [0.3, 0.4) is 0 Å². The SMILES string of the molecule is CC(=O)C1CCCCCCN1[N+](=O)[O-]. The van der Waals surface area contributed by atoms with Crippen molar-refractivity contribution in [2.75, 3.05) is 6.54 Å². The third-order valence-electron chi connectivity index (χ3n) is 2.65. The van der Waals surface area contributed by atoms with Gasteiger partial charge in [-0.05, 0) is 19.8 Å². The highest BCUT2D eigenvalue weighted by molar-refractivity contribution is 5.81. The molecule has 1 saturated heterocycles. The van der Waals surface area contributed by atoms with Crippen molar-refractivity contribution in [1.82, 2.24) is 5.01 Å². The number of hydrazine groups is 1. The van der Waals surface area contributed by atoms with Gasteiger partial charge in [0.2, 0.25) is 0 Å². The molecule has 0 amide bonds. The number of hydrogen-bond acceptors (Lipinski definition) is 3. The zero-order valence-corrected chi connectivity index (χ0v) is 8.44. The van der Waals surface area contributed by atoms with Gasteiger partial charge in [-0.2, -0.15) is 0 Å². The summed E-state index contributed by atoms with van der Waals surface area (Å²) in [5.41, 5.74) is 0. The fourth-order valence-corrected chi connectivity index (χ4v) is 1.88. The Morgan fingerprint density at radius 1 is 1.36 bits per heavy atom. The van der Waals surface area contributed by atoms with Crippen LogP contribution in [0.4, 0.5) is 0 Å². The van der Waals surface area contributed by atoms with E-state index in [1.807, 2.05) is 0 Å². The monoisotopic (exact) mass is 200 g/mol. The Labute approximate surface area is 83.2 Å². The maximum Gasteiger partial charge on any atom is 0.160 e. The average molecular weight is 200 g/mol. The first-order valence-electron chi connectivity index (χ1n) is 5.04. The van der Waals surface area contributed by atoms with E-state index in [4.69, 9.17) is 0 Å². The van der Waals surface area contributed by atoms with Crippen LogP contribution in [0.1, 0.15) is 39.0 Å². The Kier molecular flexibility index (Phi) is 3.85. The first-order valence-corrected chi connectivity index (χ1v) is 5.04. The predicted molar refractivity (Wildman–Crippen MR) is 51.3 cm³/mol. The molecule has 80 valence electrons. The minimum atomic E-state index is -0.509. The number of Topliss-reactive ketones (excluding diaryl/α,β-unsaturated/α-hetero) is 1. The van der Waals surface area contributed by atoms with Crippen molar-refractivity contribution in [3.8, 4) is 0 Å². The summed E-state index contributed by atoms with van der Waals surface area (Å²) in [7, 11) is 0. The van der Waals surface area contributed by atoms with E-state index in [9.17, 15) is 14.9 Å². The van der Waals surface area contributed by atoms with Gasteiger partial charge < -0.3 is 0 Å². The van der Waals surface area contributed by atoms with Crippen LogP contribution in [0.2, 0.25) is 0 Å². The summed E-state index contributed by atoms with van der Waals surface area (Å²) in [5, 5.41) is 11.4. The lowest BCUT2D eigenvalue weighted by atomic mass is 10.0. The summed E-state index contributed by atoms with van der Waals surface area (Å²) >= 11 is 0. The summed E-state index contributed by atoms with van der Waals surface area (Å²) in [6, 6.07) is -0.509. The zero-order valence-electron chi connectivity index (χ0n) is 8.44. The Bertz CT molecular complexity index is 206. The molecule has 0 aliphatic carbocycles. The van der Waals surface area contributed by atoms with E-state index < -0.39 is 11.1 Å². The minimum Gasteiger partial charge on any atom is -0.297 e. The van der Waals surface area contributed by atoms with Crippen molar-refractivity contribution in [2.24, 2.45) is 0 Å². The van der Waals surface area contributed by atoms with E-state index in [0.717, 1.165) is 30.7 Å². The van der Waals surface area contributed by atoms with Crippen molar-refractivity contribution >= 4 is 5.78 Å². The van der Waals surface area contributed by atoms with Gasteiger partial charge in [0.25, 0.3) is 0 Å². The Hall–Kier alpha value is -1.13. The van der Waals surface area contributed by atoms with Crippen molar-refractivity contribution < 1.29 is 9.83 Å². The van der Waals surface area contributed by atoms with E-state index in [0.29, 0.717) is 13.0 Å². The van der Waals surface area contributed by atoms with E-state index in [-0.39, 0.29) is 5.78 Å². The first-order chi connectivity index (χ1) is 6.63. The second kappa shape index (κ2) is 4.93. The Morgan fingerprint density at radius 2 is 2.00 bits per heavy atom. The molecule has 1 heterocycles. The lowest BCUT2D eigenvalue weighted by molar-refractivity contribution is -0.661. The largest absolute Gasteiger partial charge is 0.297 e. The van der Waals surface area contributed by atoms with Gasteiger partial charge in [-0.15, -0.1) is 5.01 Å². The molecule has 0 bridgehead atoms. The molecule has 0 spiro atoms. The smallest absolute Gasteiger partial charge is 0.160 e. The van der Waals surface area contributed by atoms with Crippen molar-refractivity contribution in [3.63, 3.8) is 0 Å². The molecule has 0 aromatic heterocycles. The number of nitro groups is 1. The molecule has 5 nitrogen and oxygen atoms in total. The van der Waals surface area contributed by atoms with Gasteiger partial charge in [0, 0.05) is 0 Å². The van der Waals surface area contributed by atoms with Crippen LogP contribution >= 0.6 is 0 Å². The minimum absolute atomic E-state index is 0.0939. The van der Waals surface area contributed by atoms with Gasteiger partial charge >= 0.3 is 0 Å². The molecule has 1 unspecified atom stereocenters. The number of rotatable bonds is 2. The van der Waals surface area contributed by atoms with Crippen LogP contribution in [-0.4, -0.2) is 28.4 Å². The second-order valence-corrected chi connectivity index (χ2v) is 3.73. The summed E-state index contributed by atoms with van der Waals surface area (Å²) < 4.78 is 0. The van der Waals surface area contributed by atoms with Gasteiger partial charge in [0.1, 0.15) is 6.04 Å². The van der Waals surface area contributed by atoms with Gasteiger partial charge in [0.15, 0.2) is 10.8 Å². The van der Waals surface area contributed by atoms with E-state index >= 15 is 0 Å². The van der Waals surface area contributed by atoms with Gasteiger partial charge in [0.05, 0.1) is 6.54 Å². The third-order valence-corrected chi connectivity index (χ3v) is 2.65. The molecule has 5 heteroatoms. The number of ketones is 1. The fraction of sp³-hybridized carbons (Fsp3) is 0.889. The van der Waals surface area contributed by atoms with Crippen LogP contribution in [0.15, 0.2) is 0 Å². The second-order valence-electron chi connectivity index (χ2n) is 3.73. The van der Waals surface area contributed by atoms with Crippen LogP contribution in [0.25, 0.3) is 0 Å². The number of carbonyl (C=O) groups is 1. The normalized spacial score (nSPS) is 23.8. The van der Waals surface area contributed by atoms with Crippen LogP contribution in [0, 0.1) is 10.1 Å². The third kappa shape index (κ3) is 2.68. The quantitative estimate of drug-likeness (QED) is 0.499. The summed E-state index contributed by atoms with van der Waals surface area (Å²) in [4.78, 5) is 21.9. The van der Waals surface area contributed by atoms with Crippen LogP contribution < -0.4 is 0 Å². The molecule has 1 aliphatic heterocycles. The lowest BCUT2D eigenvalue weighted by Crippen LogP contribution is -2.45. The first kappa shape index (κ1) is 10.9. The van der Waals surface area contributed by atoms with Gasteiger partial charge in [-0.1, -0.05) is 19.3 Å². The molecular weight excluding hydrogens is 184 g/mol. The van der Waals surface area contributed by atoms with Crippen molar-refractivity contribution in [3.05, 3.63) is 10.1 Å². The molecule has 1 aliphatic rings. The molecular formula is C9H16N2O3. The highest BCUT2D eigenvalue weighted by Gasteiger charge is 2.30. The molecule has 1 fully saturated rings. The topological polar surface area (TPSA) is 63.5 Å². The molecule has 0 aromatic rings. The summed E-state index contributed by atoms with van der Waals surface area (Å²) in [6.45, 7) is 1.83. The Balaban J connectivity index is 2.70. The van der Waals surface area contributed by atoms with Crippen molar-refractivity contribution in [1.29, 1.82) is 0 Å².